The minimum absolute atomic E-state index is 0.0375. The zero-order valence-electron chi connectivity index (χ0n) is 19.4. The van der Waals surface area contributed by atoms with E-state index in [1.54, 1.807) is 10.6 Å². The van der Waals surface area contributed by atoms with Gasteiger partial charge in [-0.05, 0) is 49.5 Å². The van der Waals surface area contributed by atoms with Gasteiger partial charge in [0.05, 0.1) is 17.2 Å². The minimum atomic E-state index is -0.453. The van der Waals surface area contributed by atoms with Crippen molar-refractivity contribution in [3.8, 4) is 11.5 Å². The standard InChI is InChI=1S/C26H27FN4O4/c27-18-13-21-20(28-16-18)2-4-24(32)30(21)10-9-29-7-5-26(6-8-29)15-25(33)31(17-26)19-1-3-22-23(14-19)35-12-11-34-22/h1-4,13-14,16H,5-12,15,17H2. The van der Waals surface area contributed by atoms with Crippen molar-refractivity contribution in [1.29, 1.82) is 0 Å². The number of piperidine rings is 1. The van der Waals surface area contributed by atoms with E-state index in [-0.39, 0.29) is 16.9 Å². The maximum atomic E-state index is 13.7. The molecule has 1 aromatic carbocycles. The Labute approximate surface area is 201 Å². The number of nitrogens with zero attached hydrogens (tertiary/aromatic N) is 4. The van der Waals surface area contributed by atoms with Gasteiger partial charge in [-0.15, -0.1) is 0 Å². The van der Waals surface area contributed by atoms with Gasteiger partial charge in [-0.25, -0.2) is 4.39 Å². The van der Waals surface area contributed by atoms with Crippen LogP contribution < -0.4 is 19.9 Å². The lowest BCUT2D eigenvalue weighted by Gasteiger charge is -2.39. The van der Waals surface area contributed by atoms with Crippen molar-refractivity contribution in [3.63, 3.8) is 0 Å². The molecule has 2 aromatic heterocycles. The first kappa shape index (κ1) is 22.0. The molecule has 8 nitrogen and oxygen atoms in total. The SMILES string of the molecule is O=C1CC2(CCN(CCn3c(=O)ccc4ncc(F)cc43)CC2)CN1c1ccc2c(c1)OCCO2. The van der Waals surface area contributed by atoms with Crippen LogP contribution in [-0.2, 0) is 11.3 Å². The predicted molar refractivity (Wildman–Crippen MR) is 128 cm³/mol. The maximum Gasteiger partial charge on any atom is 0.251 e. The quantitative estimate of drug-likeness (QED) is 0.574. The topological polar surface area (TPSA) is 76.9 Å². The molecule has 0 saturated carbocycles. The summed E-state index contributed by atoms with van der Waals surface area (Å²) in [6.07, 6.45) is 3.54. The molecule has 5 heterocycles. The number of amides is 1. The number of carbonyl (C=O) groups is 1. The Morgan fingerprint density at radius 2 is 1.77 bits per heavy atom. The van der Waals surface area contributed by atoms with Crippen LogP contribution in [0.15, 0.2) is 47.4 Å². The van der Waals surface area contributed by atoms with Crippen LogP contribution in [0.4, 0.5) is 10.1 Å². The van der Waals surface area contributed by atoms with Gasteiger partial charge >= 0.3 is 0 Å². The van der Waals surface area contributed by atoms with Crippen molar-refractivity contribution in [3.05, 3.63) is 58.8 Å². The number of hydrogen-bond donors (Lipinski definition) is 0. The monoisotopic (exact) mass is 478 g/mol. The van der Waals surface area contributed by atoms with Gasteiger partial charge in [0.2, 0.25) is 5.91 Å². The average Bonchev–Trinajstić information content (AvgIpc) is 3.19. The van der Waals surface area contributed by atoms with Crippen molar-refractivity contribution in [1.82, 2.24) is 14.5 Å². The normalized spacial score (nSPS) is 19.6. The van der Waals surface area contributed by atoms with Crippen molar-refractivity contribution in [2.75, 3.05) is 44.3 Å². The number of halogens is 1. The van der Waals surface area contributed by atoms with E-state index in [2.05, 4.69) is 9.88 Å². The van der Waals surface area contributed by atoms with Gasteiger partial charge in [0.25, 0.3) is 5.56 Å². The van der Waals surface area contributed by atoms with Crippen LogP contribution in [0.2, 0.25) is 0 Å². The van der Waals surface area contributed by atoms with Gasteiger partial charge in [0.1, 0.15) is 19.0 Å². The first-order chi connectivity index (χ1) is 17.0. The summed E-state index contributed by atoms with van der Waals surface area (Å²) in [7, 11) is 0. The third kappa shape index (κ3) is 4.14. The molecule has 1 amide bonds. The zero-order chi connectivity index (χ0) is 24.0. The fraction of sp³-hybridized carbons (Fsp3) is 0.423. The van der Waals surface area contributed by atoms with Gasteiger partial charge in [0, 0.05) is 49.9 Å². The molecule has 6 rings (SSSR count). The molecule has 0 radical (unpaired) electrons. The predicted octanol–water partition coefficient (Wildman–Crippen LogP) is 2.83. The molecule has 2 fully saturated rings. The highest BCUT2D eigenvalue weighted by Gasteiger charge is 2.45. The Kier molecular flexibility index (Phi) is 5.44. The molecule has 0 unspecified atom stereocenters. The first-order valence-corrected chi connectivity index (χ1v) is 12.1. The van der Waals surface area contributed by atoms with E-state index in [1.165, 1.54) is 18.3 Å². The molecule has 0 aliphatic carbocycles. The summed E-state index contributed by atoms with van der Waals surface area (Å²) in [5, 5.41) is 0. The van der Waals surface area contributed by atoms with Gasteiger partial charge in [0.15, 0.2) is 11.5 Å². The number of aromatic nitrogens is 2. The lowest BCUT2D eigenvalue weighted by Crippen LogP contribution is -2.43. The lowest BCUT2D eigenvalue weighted by molar-refractivity contribution is -0.118. The average molecular weight is 479 g/mol. The fourth-order valence-corrected chi connectivity index (χ4v) is 5.53. The van der Waals surface area contributed by atoms with Crippen molar-refractivity contribution >= 4 is 22.6 Å². The van der Waals surface area contributed by atoms with E-state index in [1.807, 2.05) is 23.1 Å². The van der Waals surface area contributed by atoms with Gasteiger partial charge < -0.3 is 23.8 Å². The number of pyridine rings is 2. The van der Waals surface area contributed by atoms with Crippen LogP contribution in [0, 0.1) is 11.2 Å². The van der Waals surface area contributed by atoms with Crippen LogP contribution in [0.1, 0.15) is 19.3 Å². The third-order valence-corrected chi connectivity index (χ3v) is 7.52. The highest BCUT2D eigenvalue weighted by molar-refractivity contribution is 5.96. The number of benzene rings is 1. The second-order valence-electron chi connectivity index (χ2n) is 9.71. The van der Waals surface area contributed by atoms with E-state index in [0.29, 0.717) is 56.1 Å². The van der Waals surface area contributed by atoms with Crippen LogP contribution >= 0.6 is 0 Å². The maximum absolute atomic E-state index is 13.7. The van der Waals surface area contributed by atoms with Crippen LogP contribution in [-0.4, -0.2) is 59.8 Å². The summed E-state index contributed by atoms with van der Waals surface area (Å²) in [4.78, 5) is 33.7. The molecule has 0 N–H and O–H groups in total. The summed E-state index contributed by atoms with van der Waals surface area (Å²) in [5.74, 6) is 1.10. The number of hydrogen-bond acceptors (Lipinski definition) is 6. The van der Waals surface area contributed by atoms with Crippen LogP contribution in [0.25, 0.3) is 11.0 Å². The van der Waals surface area contributed by atoms with E-state index < -0.39 is 5.82 Å². The molecule has 3 aromatic rings. The summed E-state index contributed by atoms with van der Waals surface area (Å²) in [5.41, 5.74) is 1.78. The summed E-state index contributed by atoms with van der Waals surface area (Å²) >= 11 is 0. The Balaban J connectivity index is 1.11. The summed E-state index contributed by atoms with van der Waals surface area (Å²) in [6.45, 7) is 4.62. The smallest absolute Gasteiger partial charge is 0.251 e. The van der Waals surface area contributed by atoms with Crippen molar-refractivity contribution in [2.45, 2.75) is 25.8 Å². The Morgan fingerprint density at radius 3 is 2.60 bits per heavy atom. The van der Waals surface area contributed by atoms with Crippen LogP contribution in [0.5, 0.6) is 11.5 Å². The molecule has 1 spiro atoms. The number of rotatable bonds is 4. The number of ether oxygens (including phenoxy) is 2. The Bertz CT molecular complexity index is 1350. The fourth-order valence-electron chi connectivity index (χ4n) is 5.53. The van der Waals surface area contributed by atoms with Gasteiger partial charge in [-0.2, -0.15) is 0 Å². The van der Waals surface area contributed by atoms with Crippen molar-refractivity contribution in [2.24, 2.45) is 5.41 Å². The number of carbonyl (C=O) groups excluding carboxylic acids is 1. The molecule has 3 aliphatic heterocycles. The van der Waals surface area contributed by atoms with Crippen molar-refractivity contribution < 1.29 is 18.7 Å². The second-order valence-corrected chi connectivity index (χ2v) is 9.71. The van der Waals surface area contributed by atoms with E-state index >= 15 is 0 Å². The molecule has 35 heavy (non-hydrogen) atoms. The van der Waals surface area contributed by atoms with Gasteiger partial charge in [-0.3, -0.25) is 14.6 Å². The highest BCUT2D eigenvalue weighted by atomic mass is 19.1. The highest BCUT2D eigenvalue weighted by Crippen LogP contribution is 2.44. The number of anilines is 1. The molecule has 3 aliphatic rings. The molecule has 2 saturated heterocycles. The lowest BCUT2D eigenvalue weighted by atomic mass is 9.77. The zero-order valence-corrected chi connectivity index (χ0v) is 19.4. The summed E-state index contributed by atoms with van der Waals surface area (Å²) in [6, 6.07) is 10.2. The first-order valence-electron chi connectivity index (χ1n) is 12.1. The molecule has 9 heteroatoms. The van der Waals surface area contributed by atoms with E-state index in [4.69, 9.17) is 9.47 Å². The Morgan fingerprint density at radius 1 is 0.971 bits per heavy atom. The molecule has 0 bridgehead atoms. The summed E-state index contributed by atoms with van der Waals surface area (Å²) < 4.78 is 26.6. The molecular weight excluding hydrogens is 451 g/mol. The number of fused-ring (bicyclic) bond motifs is 2. The van der Waals surface area contributed by atoms with Gasteiger partial charge in [-0.1, -0.05) is 0 Å². The minimum Gasteiger partial charge on any atom is -0.486 e. The van der Waals surface area contributed by atoms with Crippen LogP contribution in [0.3, 0.4) is 0 Å². The molecular formula is C26H27FN4O4. The number of likely N-dealkylation sites (tertiary alicyclic amines) is 1. The third-order valence-electron chi connectivity index (χ3n) is 7.52. The molecule has 0 atom stereocenters. The second kappa shape index (κ2) is 8.64. The van der Waals surface area contributed by atoms with E-state index in [0.717, 1.165) is 37.4 Å². The Hall–Kier alpha value is -3.46. The van der Waals surface area contributed by atoms with E-state index in [9.17, 15) is 14.0 Å². The largest absolute Gasteiger partial charge is 0.486 e. The molecule has 182 valence electrons.